The molecule has 10 nitrogen and oxygen atoms in total. The Morgan fingerprint density at radius 1 is 0.889 bits per heavy atom. The lowest BCUT2D eigenvalue weighted by Gasteiger charge is -2.40. The Morgan fingerprint density at radius 2 is 1.58 bits per heavy atom. The lowest BCUT2D eigenvalue weighted by Crippen LogP contribution is -2.59. The fourth-order valence-electron chi connectivity index (χ4n) is 3.88. The van der Waals surface area contributed by atoms with Crippen LogP contribution >= 0.6 is 0 Å². The normalized spacial score (nSPS) is 24.3. The van der Waals surface area contributed by atoms with Gasteiger partial charge in [0.2, 0.25) is 0 Å². The van der Waals surface area contributed by atoms with E-state index >= 15 is 0 Å². The summed E-state index contributed by atoms with van der Waals surface area (Å²) >= 11 is 0. The molecule has 1 fully saturated rings. The number of aliphatic hydroxyl groups excluding tert-OH is 3. The Balaban J connectivity index is 1.35. The van der Waals surface area contributed by atoms with Crippen molar-refractivity contribution < 1.29 is 34.3 Å². The number of nitrogens with zero attached hydrogens (tertiary/aromatic N) is 3. The van der Waals surface area contributed by atoms with Gasteiger partial charge in [-0.05, 0) is 49.7 Å². The van der Waals surface area contributed by atoms with Crippen LogP contribution < -0.4 is 4.90 Å². The Morgan fingerprint density at radius 3 is 2.25 bits per heavy atom. The van der Waals surface area contributed by atoms with Crippen molar-refractivity contribution in [2.75, 3.05) is 51.5 Å². The van der Waals surface area contributed by atoms with Crippen molar-refractivity contribution in [2.24, 2.45) is 10.2 Å². The zero-order valence-corrected chi connectivity index (χ0v) is 20.8. The maximum atomic E-state index is 10.3. The molecule has 1 aliphatic heterocycles. The standard InChI is InChI=1S/C26H37N3O7/c1-3-29(21-12-10-20(11-13-21)28-27-19-8-5-4-6-9-19)14-17-34-15-7-16-35-25-23(30)22(18-33-2)36-26(32)24(25)31/h4-6,8-13,22-26,30-32H,3,7,14-18H2,1-2H3/b28-27+/t22?,23-,24?,25?,26-/m1/s1. The van der Waals surface area contributed by atoms with E-state index in [9.17, 15) is 15.3 Å². The minimum atomic E-state index is -1.43. The molecule has 0 spiro atoms. The van der Waals surface area contributed by atoms with E-state index in [4.69, 9.17) is 18.9 Å². The molecule has 3 rings (SSSR count). The Labute approximate surface area is 212 Å². The summed E-state index contributed by atoms with van der Waals surface area (Å²) in [6.45, 7) is 5.01. The molecule has 1 heterocycles. The van der Waals surface area contributed by atoms with Gasteiger partial charge < -0.3 is 39.2 Å². The third-order valence-electron chi connectivity index (χ3n) is 5.87. The van der Waals surface area contributed by atoms with Crippen molar-refractivity contribution >= 4 is 17.1 Å². The van der Waals surface area contributed by atoms with E-state index in [0.29, 0.717) is 19.6 Å². The zero-order valence-electron chi connectivity index (χ0n) is 20.8. The third-order valence-corrected chi connectivity index (χ3v) is 5.87. The first-order chi connectivity index (χ1) is 17.5. The number of likely N-dealkylation sites (N-methyl/N-ethyl adjacent to an activating group) is 1. The minimum Gasteiger partial charge on any atom is -0.387 e. The third kappa shape index (κ3) is 8.31. The number of hydrogen-bond donors (Lipinski definition) is 3. The van der Waals surface area contributed by atoms with Gasteiger partial charge in [0.05, 0.1) is 24.6 Å². The highest BCUT2D eigenvalue weighted by Gasteiger charge is 2.44. The van der Waals surface area contributed by atoms with E-state index in [1.54, 1.807) is 0 Å². The van der Waals surface area contributed by atoms with Crippen LogP contribution in [0.4, 0.5) is 17.1 Å². The largest absolute Gasteiger partial charge is 0.387 e. The molecule has 3 N–H and O–H groups in total. The molecule has 2 aromatic rings. The molecule has 1 aliphatic rings. The number of anilines is 1. The van der Waals surface area contributed by atoms with Crippen LogP contribution in [0.25, 0.3) is 0 Å². The van der Waals surface area contributed by atoms with Gasteiger partial charge >= 0.3 is 0 Å². The first-order valence-electron chi connectivity index (χ1n) is 12.2. The molecule has 0 saturated carbocycles. The van der Waals surface area contributed by atoms with Gasteiger partial charge in [-0.3, -0.25) is 0 Å². The van der Waals surface area contributed by atoms with Crippen LogP contribution in [0, 0.1) is 0 Å². The van der Waals surface area contributed by atoms with Crippen molar-refractivity contribution in [3.05, 3.63) is 54.6 Å². The van der Waals surface area contributed by atoms with Crippen LogP contribution in [-0.2, 0) is 18.9 Å². The van der Waals surface area contributed by atoms with E-state index in [1.165, 1.54) is 7.11 Å². The van der Waals surface area contributed by atoms with Crippen LogP contribution in [0.1, 0.15) is 13.3 Å². The average Bonchev–Trinajstić information content (AvgIpc) is 2.90. The highest BCUT2D eigenvalue weighted by Crippen LogP contribution is 2.24. The number of benzene rings is 2. The zero-order chi connectivity index (χ0) is 25.8. The van der Waals surface area contributed by atoms with Crippen LogP contribution in [0.3, 0.4) is 0 Å². The van der Waals surface area contributed by atoms with Crippen LogP contribution in [0.2, 0.25) is 0 Å². The van der Waals surface area contributed by atoms with Crippen molar-refractivity contribution in [2.45, 2.75) is 44.1 Å². The highest BCUT2D eigenvalue weighted by molar-refractivity contribution is 5.52. The summed E-state index contributed by atoms with van der Waals surface area (Å²) in [5, 5.41) is 38.8. The number of ether oxygens (including phenoxy) is 4. The van der Waals surface area contributed by atoms with E-state index in [-0.39, 0.29) is 13.2 Å². The van der Waals surface area contributed by atoms with Gasteiger partial charge in [0, 0.05) is 39.1 Å². The van der Waals surface area contributed by atoms with Crippen molar-refractivity contribution in [3.63, 3.8) is 0 Å². The number of rotatable bonds is 14. The molecule has 0 amide bonds. The molecule has 0 aromatic heterocycles. The molecule has 0 bridgehead atoms. The van der Waals surface area contributed by atoms with Gasteiger partial charge in [-0.1, -0.05) is 18.2 Å². The molecular weight excluding hydrogens is 466 g/mol. The predicted molar refractivity (Wildman–Crippen MR) is 135 cm³/mol. The monoisotopic (exact) mass is 503 g/mol. The summed E-state index contributed by atoms with van der Waals surface area (Å²) in [6.07, 6.45) is -5.02. The Hall–Kier alpha value is -2.44. The molecule has 1 saturated heterocycles. The number of aliphatic hydroxyl groups is 3. The fourth-order valence-corrected chi connectivity index (χ4v) is 3.88. The van der Waals surface area contributed by atoms with Crippen LogP contribution in [-0.4, -0.2) is 92.7 Å². The molecule has 2 aromatic carbocycles. The molecular formula is C26H37N3O7. The quantitative estimate of drug-likeness (QED) is 0.265. The average molecular weight is 504 g/mol. The van der Waals surface area contributed by atoms with Crippen molar-refractivity contribution in [3.8, 4) is 0 Å². The Kier molecular flexibility index (Phi) is 11.7. The Bertz CT molecular complexity index is 900. The predicted octanol–water partition coefficient (Wildman–Crippen LogP) is 2.81. The SMILES string of the molecule is CCN(CCOCCCOC1C(O)[C@H](O)OC(COC)[C@H]1O)c1ccc(/N=N/c2ccccc2)cc1. The van der Waals surface area contributed by atoms with Gasteiger partial charge in [-0.15, -0.1) is 0 Å². The maximum absolute atomic E-state index is 10.3. The summed E-state index contributed by atoms with van der Waals surface area (Å²) in [6, 6.07) is 17.5. The second kappa shape index (κ2) is 15.0. The molecule has 198 valence electrons. The van der Waals surface area contributed by atoms with E-state index in [1.807, 2.05) is 54.6 Å². The summed E-state index contributed by atoms with van der Waals surface area (Å²) in [5.74, 6) is 0. The number of methoxy groups -OCH3 is 1. The van der Waals surface area contributed by atoms with Gasteiger partial charge in [-0.25, -0.2) is 0 Å². The summed E-state index contributed by atoms with van der Waals surface area (Å²) < 4.78 is 21.5. The smallest absolute Gasteiger partial charge is 0.184 e. The van der Waals surface area contributed by atoms with Crippen molar-refractivity contribution in [1.29, 1.82) is 0 Å². The molecule has 5 atom stereocenters. The van der Waals surface area contributed by atoms with Crippen LogP contribution in [0.5, 0.6) is 0 Å². The molecule has 36 heavy (non-hydrogen) atoms. The van der Waals surface area contributed by atoms with Gasteiger partial charge in [0.15, 0.2) is 6.29 Å². The maximum Gasteiger partial charge on any atom is 0.184 e. The highest BCUT2D eigenvalue weighted by atomic mass is 16.7. The molecule has 0 aliphatic carbocycles. The summed E-state index contributed by atoms with van der Waals surface area (Å²) in [5.41, 5.74) is 2.68. The number of hydrogen-bond acceptors (Lipinski definition) is 10. The summed E-state index contributed by atoms with van der Waals surface area (Å²) in [7, 11) is 1.47. The summed E-state index contributed by atoms with van der Waals surface area (Å²) in [4.78, 5) is 2.21. The van der Waals surface area contributed by atoms with E-state index in [2.05, 4.69) is 22.1 Å². The molecule has 0 radical (unpaired) electrons. The van der Waals surface area contributed by atoms with Gasteiger partial charge in [0.25, 0.3) is 0 Å². The molecule has 3 unspecified atom stereocenters. The first kappa shape index (κ1) is 28.1. The minimum absolute atomic E-state index is 0.0857. The second-order valence-electron chi connectivity index (χ2n) is 8.43. The topological polar surface area (TPSA) is 126 Å². The fraction of sp³-hybridized carbons (Fsp3) is 0.538. The number of azo groups is 1. The van der Waals surface area contributed by atoms with Gasteiger partial charge in [-0.2, -0.15) is 10.2 Å². The van der Waals surface area contributed by atoms with Crippen LogP contribution in [0.15, 0.2) is 64.8 Å². The van der Waals surface area contributed by atoms with Crippen molar-refractivity contribution in [1.82, 2.24) is 0 Å². The lowest BCUT2D eigenvalue weighted by molar-refractivity contribution is -0.295. The van der Waals surface area contributed by atoms with E-state index < -0.39 is 30.7 Å². The lowest BCUT2D eigenvalue weighted by atomic mass is 9.99. The second-order valence-corrected chi connectivity index (χ2v) is 8.43. The first-order valence-corrected chi connectivity index (χ1v) is 12.2. The van der Waals surface area contributed by atoms with Gasteiger partial charge in [0.1, 0.15) is 24.4 Å². The molecule has 10 heteroatoms. The van der Waals surface area contributed by atoms with E-state index in [0.717, 1.165) is 30.2 Å².